The molecule has 0 bridgehead atoms. The van der Waals surface area contributed by atoms with Gasteiger partial charge in [0.15, 0.2) is 0 Å². The highest BCUT2D eigenvalue weighted by Crippen LogP contribution is 2.33. The Balaban J connectivity index is 2.15. The summed E-state index contributed by atoms with van der Waals surface area (Å²) in [6, 6.07) is 2.35. The lowest BCUT2D eigenvalue weighted by Crippen LogP contribution is -2.49. The van der Waals surface area contributed by atoms with E-state index in [0.29, 0.717) is 0 Å². The zero-order valence-electron chi connectivity index (χ0n) is 10.5. The summed E-state index contributed by atoms with van der Waals surface area (Å²) in [4.78, 5) is 3.88. The number of hydrogen-bond donors (Lipinski definition) is 1. The van der Waals surface area contributed by atoms with E-state index >= 15 is 0 Å². The monoisotopic (exact) mass is 238 g/mol. The lowest BCUT2D eigenvalue weighted by molar-refractivity contribution is 0.124. The molecule has 1 fully saturated rings. The Kier molecular flexibility index (Phi) is 3.38. The van der Waals surface area contributed by atoms with Crippen LogP contribution in [0.2, 0.25) is 0 Å². The first-order valence-electron chi connectivity index (χ1n) is 6.07. The van der Waals surface area contributed by atoms with Crippen molar-refractivity contribution in [2.75, 3.05) is 13.1 Å². The average Bonchev–Trinajstić information content (AvgIpc) is 2.86. The number of nitrogens with zero attached hydrogens (tertiary/aromatic N) is 1. The van der Waals surface area contributed by atoms with Crippen LogP contribution in [0.15, 0.2) is 11.4 Å². The van der Waals surface area contributed by atoms with E-state index in [1.807, 2.05) is 0 Å². The van der Waals surface area contributed by atoms with Gasteiger partial charge in [0, 0.05) is 16.5 Å². The van der Waals surface area contributed by atoms with Crippen molar-refractivity contribution >= 4 is 11.3 Å². The number of aryl methyl sites for hydroxylation is 1. The van der Waals surface area contributed by atoms with Gasteiger partial charge in [-0.1, -0.05) is 0 Å². The summed E-state index contributed by atoms with van der Waals surface area (Å²) in [5.74, 6) is 0. The summed E-state index contributed by atoms with van der Waals surface area (Å²) < 4.78 is 0. The minimum Gasteiger partial charge on any atom is -0.322 e. The third-order valence-corrected chi connectivity index (χ3v) is 4.67. The quantitative estimate of drug-likeness (QED) is 0.877. The minimum atomic E-state index is 0.0734. The van der Waals surface area contributed by atoms with Gasteiger partial charge in [-0.2, -0.15) is 0 Å². The van der Waals surface area contributed by atoms with Gasteiger partial charge in [-0.15, -0.1) is 11.3 Å². The zero-order chi connectivity index (χ0) is 11.8. The predicted octanol–water partition coefficient (Wildman–Crippen LogP) is 2.93. The summed E-state index contributed by atoms with van der Waals surface area (Å²) in [5, 5.41) is 2.21. The fraction of sp³-hybridized carbons (Fsp3) is 0.692. The maximum absolute atomic E-state index is 6.43. The Morgan fingerprint density at radius 3 is 2.50 bits per heavy atom. The van der Waals surface area contributed by atoms with Gasteiger partial charge < -0.3 is 5.73 Å². The molecule has 1 aliphatic rings. The number of nitrogens with two attached hydrogens (primary N) is 1. The molecule has 0 spiro atoms. The SMILES string of the molecule is Cc1cc(C(N)C(C)(C)N2CCCC2)cs1. The summed E-state index contributed by atoms with van der Waals surface area (Å²) >= 11 is 1.79. The molecule has 2 heterocycles. The van der Waals surface area contributed by atoms with Crippen molar-refractivity contribution in [3.05, 3.63) is 21.9 Å². The summed E-state index contributed by atoms with van der Waals surface area (Å²) in [6.07, 6.45) is 2.64. The maximum Gasteiger partial charge on any atom is 0.0485 e. The lowest BCUT2D eigenvalue weighted by Gasteiger charge is -2.40. The van der Waals surface area contributed by atoms with Crippen molar-refractivity contribution in [2.24, 2.45) is 5.73 Å². The molecule has 1 saturated heterocycles. The zero-order valence-corrected chi connectivity index (χ0v) is 11.3. The fourth-order valence-corrected chi connectivity index (χ4v) is 3.27. The largest absolute Gasteiger partial charge is 0.322 e. The number of hydrogen-bond acceptors (Lipinski definition) is 3. The highest BCUT2D eigenvalue weighted by Gasteiger charge is 2.35. The average molecular weight is 238 g/mol. The van der Waals surface area contributed by atoms with Crippen LogP contribution in [0.3, 0.4) is 0 Å². The van der Waals surface area contributed by atoms with Crippen molar-refractivity contribution < 1.29 is 0 Å². The summed E-state index contributed by atoms with van der Waals surface area (Å²) in [5.41, 5.74) is 7.80. The highest BCUT2D eigenvalue weighted by atomic mass is 32.1. The molecule has 0 radical (unpaired) electrons. The van der Waals surface area contributed by atoms with Crippen LogP contribution in [0, 0.1) is 6.92 Å². The summed E-state index contributed by atoms with van der Waals surface area (Å²) in [6.45, 7) is 9.09. The van der Waals surface area contributed by atoms with Gasteiger partial charge >= 0.3 is 0 Å². The molecule has 90 valence electrons. The molecule has 0 aromatic carbocycles. The van der Waals surface area contributed by atoms with Crippen LogP contribution in [0.25, 0.3) is 0 Å². The lowest BCUT2D eigenvalue weighted by atomic mass is 9.89. The Morgan fingerprint density at radius 1 is 1.38 bits per heavy atom. The standard InChI is InChI=1S/C13H22N2S/c1-10-8-11(9-16-10)12(14)13(2,3)15-6-4-5-7-15/h8-9,12H,4-7,14H2,1-3H3. The molecule has 1 unspecified atom stereocenters. The topological polar surface area (TPSA) is 29.3 Å². The van der Waals surface area contributed by atoms with Crippen molar-refractivity contribution in [3.63, 3.8) is 0 Å². The first kappa shape index (κ1) is 12.1. The van der Waals surface area contributed by atoms with E-state index in [1.54, 1.807) is 11.3 Å². The molecule has 0 aliphatic carbocycles. The summed E-state index contributed by atoms with van der Waals surface area (Å²) in [7, 11) is 0. The third-order valence-electron chi connectivity index (χ3n) is 3.79. The second-order valence-electron chi connectivity index (χ2n) is 5.32. The molecule has 1 aromatic rings. The van der Waals surface area contributed by atoms with Gasteiger partial charge in [0.05, 0.1) is 0 Å². The Morgan fingerprint density at radius 2 is 2.00 bits per heavy atom. The van der Waals surface area contributed by atoms with Crippen LogP contribution < -0.4 is 5.73 Å². The predicted molar refractivity (Wildman–Crippen MR) is 70.9 cm³/mol. The van der Waals surface area contributed by atoms with E-state index in [1.165, 1.54) is 36.4 Å². The molecule has 0 amide bonds. The van der Waals surface area contributed by atoms with Gasteiger partial charge in [0.25, 0.3) is 0 Å². The Labute approximate surface area is 102 Å². The van der Waals surface area contributed by atoms with Gasteiger partial charge in [-0.05, 0) is 63.7 Å². The number of thiophene rings is 1. The van der Waals surface area contributed by atoms with Gasteiger partial charge in [-0.3, -0.25) is 4.90 Å². The second kappa shape index (κ2) is 4.47. The van der Waals surface area contributed by atoms with Crippen LogP contribution in [0.1, 0.15) is 43.2 Å². The van der Waals surface area contributed by atoms with Crippen LogP contribution in [-0.4, -0.2) is 23.5 Å². The fourth-order valence-electron chi connectivity index (χ4n) is 2.52. The highest BCUT2D eigenvalue weighted by molar-refractivity contribution is 7.10. The smallest absolute Gasteiger partial charge is 0.0485 e. The second-order valence-corrected chi connectivity index (χ2v) is 6.43. The normalized spacial score (nSPS) is 20.2. The maximum atomic E-state index is 6.43. The first-order valence-corrected chi connectivity index (χ1v) is 6.95. The van der Waals surface area contributed by atoms with E-state index < -0.39 is 0 Å². The van der Waals surface area contributed by atoms with Crippen molar-refractivity contribution in [1.82, 2.24) is 4.90 Å². The van der Waals surface area contributed by atoms with Crippen LogP contribution in [-0.2, 0) is 0 Å². The van der Waals surface area contributed by atoms with Crippen LogP contribution >= 0.6 is 11.3 Å². The van der Waals surface area contributed by atoms with E-state index in [9.17, 15) is 0 Å². The van der Waals surface area contributed by atoms with Crippen LogP contribution in [0.4, 0.5) is 0 Å². The molecule has 1 atom stereocenters. The van der Waals surface area contributed by atoms with Crippen LogP contribution in [0.5, 0.6) is 0 Å². The number of likely N-dealkylation sites (tertiary alicyclic amines) is 1. The Bertz CT molecular complexity index is 351. The van der Waals surface area contributed by atoms with Crippen molar-refractivity contribution in [3.8, 4) is 0 Å². The van der Waals surface area contributed by atoms with E-state index in [4.69, 9.17) is 5.73 Å². The molecule has 16 heavy (non-hydrogen) atoms. The van der Waals surface area contributed by atoms with E-state index in [-0.39, 0.29) is 11.6 Å². The molecule has 1 aliphatic heterocycles. The molecular formula is C13H22N2S. The van der Waals surface area contributed by atoms with Gasteiger partial charge in [0.1, 0.15) is 0 Å². The van der Waals surface area contributed by atoms with Gasteiger partial charge in [-0.25, -0.2) is 0 Å². The third kappa shape index (κ3) is 2.17. The first-order chi connectivity index (χ1) is 7.51. The van der Waals surface area contributed by atoms with Crippen molar-refractivity contribution in [2.45, 2.75) is 45.2 Å². The molecule has 2 rings (SSSR count). The van der Waals surface area contributed by atoms with Gasteiger partial charge in [0.2, 0.25) is 0 Å². The minimum absolute atomic E-state index is 0.0734. The molecule has 3 heteroatoms. The molecule has 2 nitrogen and oxygen atoms in total. The van der Waals surface area contributed by atoms with E-state index in [2.05, 4.69) is 37.1 Å². The van der Waals surface area contributed by atoms with Crippen molar-refractivity contribution in [1.29, 1.82) is 0 Å². The molecule has 2 N–H and O–H groups in total. The number of rotatable bonds is 3. The molecule has 1 aromatic heterocycles. The molecule has 0 saturated carbocycles. The molecular weight excluding hydrogens is 216 g/mol. The Hall–Kier alpha value is -0.380. The van der Waals surface area contributed by atoms with E-state index in [0.717, 1.165) is 0 Å².